The highest BCUT2D eigenvalue weighted by atomic mass is 16.5. The quantitative estimate of drug-likeness (QED) is 0.509. The van der Waals surface area contributed by atoms with Crippen molar-refractivity contribution in [1.29, 1.82) is 0 Å². The number of benzene rings is 3. The summed E-state index contributed by atoms with van der Waals surface area (Å²) in [6.45, 7) is 8.37. The van der Waals surface area contributed by atoms with Crippen LogP contribution in [0.3, 0.4) is 0 Å². The minimum absolute atomic E-state index is 0.140. The standard InChI is InChI=1S/C28H33N3O3/c1-2-34-27-9-4-7-24(19-27)28(33)29-25-8-3-6-23(18-25)21-31-15-5-14-30(16-17-31)20-22-10-12-26(32)13-11-22/h3-4,6-13,18-19,32H,2,5,14-17,20-21H2,1H3,(H,29,33). The summed E-state index contributed by atoms with van der Waals surface area (Å²) >= 11 is 0. The maximum atomic E-state index is 12.7. The van der Waals surface area contributed by atoms with Gasteiger partial charge in [-0.3, -0.25) is 14.6 Å². The summed E-state index contributed by atoms with van der Waals surface area (Å²) < 4.78 is 5.51. The van der Waals surface area contributed by atoms with Crippen LogP contribution in [0.15, 0.2) is 72.8 Å². The fourth-order valence-corrected chi connectivity index (χ4v) is 4.30. The van der Waals surface area contributed by atoms with Crippen molar-refractivity contribution >= 4 is 11.6 Å². The van der Waals surface area contributed by atoms with E-state index in [0.29, 0.717) is 23.7 Å². The van der Waals surface area contributed by atoms with E-state index in [9.17, 15) is 9.90 Å². The molecule has 0 aromatic heterocycles. The second-order valence-electron chi connectivity index (χ2n) is 8.69. The lowest BCUT2D eigenvalue weighted by molar-refractivity contribution is 0.102. The number of nitrogens with one attached hydrogen (secondary N) is 1. The number of amides is 1. The Morgan fingerprint density at radius 2 is 1.59 bits per heavy atom. The Kier molecular flexibility index (Phi) is 8.17. The van der Waals surface area contributed by atoms with Crippen molar-refractivity contribution in [3.05, 3.63) is 89.5 Å². The third-order valence-electron chi connectivity index (χ3n) is 6.02. The van der Waals surface area contributed by atoms with Gasteiger partial charge >= 0.3 is 0 Å². The molecule has 0 bridgehead atoms. The van der Waals surface area contributed by atoms with Crippen LogP contribution in [0.5, 0.6) is 11.5 Å². The minimum atomic E-state index is -0.140. The van der Waals surface area contributed by atoms with Gasteiger partial charge in [0.2, 0.25) is 0 Å². The van der Waals surface area contributed by atoms with E-state index in [4.69, 9.17) is 4.74 Å². The predicted octanol–water partition coefficient (Wildman–Crippen LogP) is 4.75. The van der Waals surface area contributed by atoms with Crippen molar-refractivity contribution in [3.63, 3.8) is 0 Å². The molecule has 0 saturated carbocycles. The first-order valence-electron chi connectivity index (χ1n) is 11.9. The van der Waals surface area contributed by atoms with Gasteiger partial charge in [-0.15, -0.1) is 0 Å². The largest absolute Gasteiger partial charge is 0.508 e. The molecule has 0 atom stereocenters. The molecule has 0 radical (unpaired) electrons. The Balaban J connectivity index is 1.32. The summed E-state index contributed by atoms with van der Waals surface area (Å²) in [5.74, 6) is 0.867. The van der Waals surface area contributed by atoms with Gasteiger partial charge in [-0.25, -0.2) is 0 Å². The first-order chi connectivity index (χ1) is 16.6. The number of aromatic hydroxyl groups is 1. The van der Waals surface area contributed by atoms with Crippen LogP contribution in [-0.2, 0) is 13.1 Å². The number of hydrogen-bond acceptors (Lipinski definition) is 5. The molecule has 1 fully saturated rings. The molecule has 1 aliphatic rings. The van der Waals surface area contributed by atoms with Gasteiger partial charge in [0.1, 0.15) is 11.5 Å². The number of anilines is 1. The Morgan fingerprint density at radius 1 is 0.882 bits per heavy atom. The van der Waals surface area contributed by atoms with Gasteiger partial charge in [0.15, 0.2) is 0 Å². The van der Waals surface area contributed by atoms with E-state index < -0.39 is 0 Å². The number of hydrogen-bond donors (Lipinski definition) is 2. The van der Waals surface area contributed by atoms with Crippen molar-refractivity contribution in [1.82, 2.24) is 9.80 Å². The summed E-state index contributed by atoms with van der Waals surface area (Å²) in [7, 11) is 0. The maximum Gasteiger partial charge on any atom is 0.255 e. The Labute approximate surface area is 201 Å². The molecule has 2 N–H and O–H groups in total. The molecule has 1 heterocycles. The molecule has 6 heteroatoms. The highest BCUT2D eigenvalue weighted by Gasteiger charge is 2.16. The average Bonchev–Trinajstić information content (AvgIpc) is 3.06. The van der Waals surface area contributed by atoms with Gasteiger partial charge in [-0.1, -0.05) is 30.3 Å². The zero-order valence-corrected chi connectivity index (χ0v) is 19.7. The molecule has 0 unspecified atom stereocenters. The highest BCUT2D eigenvalue weighted by Crippen LogP contribution is 2.18. The Morgan fingerprint density at radius 3 is 2.32 bits per heavy atom. The summed E-state index contributed by atoms with van der Waals surface area (Å²) in [6.07, 6.45) is 1.12. The molecule has 3 aromatic rings. The highest BCUT2D eigenvalue weighted by molar-refractivity contribution is 6.04. The van der Waals surface area contributed by atoms with E-state index in [2.05, 4.69) is 27.2 Å². The van der Waals surface area contributed by atoms with Gasteiger partial charge in [-0.05, 0) is 80.0 Å². The maximum absolute atomic E-state index is 12.7. The molecule has 3 aromatic carbocycles. The Hall–Kier alpha value is -3.35. The molecule has 34 heavy (non-hydrogen) atoms. The number of nitrogens with zero attached hydrogens (tertiary/aromatic N) is 2. The number of ether oxygens (including phenoxy) is 1. The van der Waals surface area contributed by atoms with Crippen LogP contribution in [0.2, 0.25) is 0 Å². The second kappa shape index (κ2) is 11.7. The average molecular weight is 460 g/mol. The second-order valence-corrected chi connectivity index (χ2v) is 8.69. The summed E-state index contributed by atoms with van der Waals surface area (Å²) in [4.78, 5) is 17.7. The van der Waals surface area contributed by atoms with Crippen LogP contribution < -0.4 is 10.1 Å². The molecule has 0 aliphatic carbocycles. The molecule has 0 spiro atoms. The topological polar surface area (TPSA) is 65.0 Å². The fraction of sp³-hybridized carbons (Fsp3) is 0.321. The fourth-order valence-electron chi connectivity index (χ4n) is 4.30. The molecule has 178 valence electrons. The van der Waals surface area contributed by atoms with Crippen molar-refractivity contribution < 1.29 is 14.6 Å². The number of carbonyl (C=O) groups excluding carboxylic acids is 1. The summed E-state index contributed by atoms with van der Waals surface area (Å²) in [5.41, 5.74) is 3.79. The summed E-state index contributed by atoms with van der Waals surface area (Å²) in [5, 5.41) is 12.5. The van der Waals surface area contributed by atoms with Gasteiger partial charge in [0, 0.05) is 37.4 Å². The van der Waals surface area contributed by atoms with E-state index in [1.54, 1.807) is 24.3 Å². The first kappa shape index (κ1) is 23.8. The number of rotatable bonds is 8. The van der Waals surface area contributed by atoms with Crippen molar-refractivity contribution in [2.24, 2.45) is 0 Å². The van der Waals surface area contributed by atoms with Gasteiger partial charge in [0.25, 0.3) is 5.91 Å². The minimum Gasteiger partial charge on any atom is -0.508 e. The lowest BCUT2D eigenvalue weighted by Crippen LogP contribution is -2.30. The van der Waals surface area contributed by atoms with Crippen molar-refractivity contribution in [3.8, 4) is 11.5 Å². The molecule has 1 saturated heterocycles. The predicted molar refractivity (Wildman–Crippen MR) is 135 cm³/mol. The van der Waals surface area contributed by atoms with Crippen LogP contribution >= 0.6 is 0 Å². The lowest BCUT2D eigenvalue weighted by atomic mass is 10.1. The number of phenols is 1. The van der Waals surface area contributed by atoms with E-state index >= 15 is 0 Å². The van der Waals surface area contributed by atoms with E-state index in [-0.39, 0.29) is 5.91 Å². The molecule has 6 nitrogen and oxygen atoms in total. The zero-order chi connectivity index (χ0) is 23.8. The first-order valence-corrected chi connectivity index (χ1v) is 11.9. The SMILES string of the molecule is CCOc1cccc(C(=O)Nc2cccc(CN3CCCN(Cc4ccc(O)cc4)CC3)c2)c1. The van der Waals surface area contributed by atoms with E-state index in [1.807, 2.05) is 43.3 Å². The van der Waals surface area contributed by atoms with Crippen LogP contribution in [0, 0.1) is 0 Å². The van der Waals surface area contributed by atoms with Crippen LogP contribution in [0.25, 0.3) is 0 Å². The molecule has 1 amide bonds. The van der Waals surface area contributed by atoms with E-state index in [0.717, 1.165) is 51.4 Å². The Bertz CT molecular complexity index is 1080. The van der Waals surface area contributed by atoms with Gasteiger partial charge in [0.05, 0.1) is 6.61 Å². The van der Waals surface area contributed by atoms with Crippen LogP contribution in [-0.4, -0.2) is 53.6 Å². The third kappa shape index (κ3) is 6.83. The van der Waals surface area contributed by atoms with Crippen LogP contribution in [0.1, 0.15) is 34.8 Å². The normalized spacial score (nSPS) is 15.0. The molecular formula is C28H33N3O3. The van der Waals surface area contributed by atoms with E-state index in [1.165, 1.54) is 11.1 Å². The van der Waals surface area contributed by atoms with Gasteiger partial charge in [-0.2, -0.15) is 0 Å². The lowest BCUT2D eigenvalue weighted by Gasteiger charge is -2.22. The van der Waals surface area contributed by atoms with Gasteiger partial charge < -0.3 is 15.2 Å². The van der Waals surface area contributed by atoms with Crippen molar-refractivity contribution in [2.75, 3.05) is 38.1 Å². The zero-order valence-electron chi connectivity index (χ0n) is 19.7. The monoisotopic (exact) mass is 459 g/mol. The smallest absolute Gasteiger partial charge is 0.255 e. The summed E-state index contributed by atoms with van der Waals surface area (Å²) in [6, 6.07) is 22.8. The number of carbonyl (C=O) groups is 1. The van der Waals surface area contributed by atoms with Crippen LogP contribution in [0.4, 0.5) is 5.69 Å². The van der Waals surface area contributed by atoms with Crippen molar-refractivity contribution in [2.45, 2.75) is 26.4 Å². The third-order valence-corrected chi connectivity index (χ3v) is 6.02. The molecule has 1 aliphatic heterocycles. The number of phenolic OH excluding ortho intramolecular Hbond substituents is 1. The molecular weight excluding hydrogens is 426 g/mol. The molecule has 4 rings (SSSR count).